The molecule has 3 rings (SSSR count). The number of amides is 2. The second-order valence-electron chi connectivity index (χ2n) is 7.14. The molecule has 1 aliphatic heterocycles. The molecule has 0 bridgehead atoms. The number of hydrogen-bond acceptors (Lipinski definition) is 6. The van der Waals surface area contributed by atoms with Crippen LogP contribution in [0.5, 0.6) is 5.75 Å². The highest BCUT2D eigenvalue weighted by Crippen LogP contribution is 2.28. The van der Waals surface area contributed by atoms with Gasteiger partial charge in [0.15, 0.2) is 19.0 Å². The Kier molecular flexibility index (Phi) is 6.46. The van der Waals surface area contributed by atoms with Gasteiger partial charge in [0.2, 0.25) is 0 Å². The van der Waals surface area contributed by atoms with Crippen molar-refractivity contribution in [3.8, 4) is 5.75 Å². The van der Waals surface area contributed by atoms with Gasteiger partial charge in [0.05, 0.1) is 5.69 Å². The maximum Gasteiger partial charge on any atom is 0.329 e. The van der Waals surface area contributed by atoms with Gasteiger partial charge in [-0.1, -0.05) is 32.0 Å². The van der Waals surface area contributed by atoms with E-state index in [4.69, 9.17) is 9.47 Å². The number of ketones is 1. The number of benzene rings is 2. The Morgan fingerprint density at radius 2 is 1.83 bits per heavy atom. The van der Waals surface area contributed by atoms with E-state index in [0.29, 0.717) is 17.0 Å². The second kappa shape index (κ2) is 9.21. The Morgan fingerprint density at radius 3 is 2.53 bits per heavy atom. The fourth-order valence-corrected chi connectivity index (χ4v) is 2.88. The molecule has 8 heteroatoms. The largest absolute Gasteiger partial charge is 0.482 e. The maximum atomic E-state index is 12.5. The Morgan fingerprint density at radius 1 is 1.10 bits per heavy atom. The van der Waals surface area contributed by atoms with Gasteiger partial charge in [0.1, 0.15) is 11.8 Å². The van der Waals surface area contributed by atoms with Crippen LogP contribution in [0.25, 0.3) is 0 Å². The molecular formula is C22H22N2O6. The number of hydrogen-bond donors (Lipinski definition) is 2. The SMILES string of the molecule is CC(C)[C@@H](NC(=O)c1ccccc1)C(=O)OCC(=O)c1ccc2c(c1)NC(=O)CO2. The molecule has 0 spiro atoms. The molecule has 1 heterocycles. The number of anilines is 1. The van der Waals surface area contributed by atoms with Gasteiger partial charge in [0.25, 0.3) is 11.8 Å². The highest BCUT2D eigenvalue weighted by molar-refractivity contribution is 6.02. The maximum absolute atomic E-state index is 12.5. The van der Waals surface area contributed by atoms with E-state index in [9.17, 15) is 19.2 Å². The van der Waals surface area contributed by atoms with E-state index in [-0.39, 0.29) is 24.0 Å². The molecule has 0 saturated carbocycles. The van der Waals surface area contributed by atoms with Crippen LogP contribution in [0.2, 0.25) is 0 Å². The zero-order chi connectivity index (χ0) is 21.7. The van der Waals surface area contributed by atoms with Crippen LogP contribution in [0.3, 0.4) is 0 Å². The van der Waals surface area contributed by atoms with Crippen LogP contribution in [0.1, 0.15) is 34.6 Å². The molecule has 30 heavy (non-hydrogen) atoms. The summed E-state index contributed by atoms with van der Waals surface area (Å²) in [4.78, 5) is 48.7. The predicted molar refractivity (Wildman–Crippen MR) is 108 cm³/mol. The van der Waals surface area contributed by atoms with Gasteiger partial charge in [-0.15, -0.1) is 0 Å². The summed E-state index contributed by atoms with van der Waals surface area (Å²) in [7, 11) is 0. The minimum atomic E-state index is -0.901. The summed E-state index contributed by atoms with van der Waals surface area (Å²) in [5.74, 6) is -1.63. The third kappa shape index (κ3) is 5.02. The summed E-state index contributed by atoms with van der Waals surface area (Å²) in [5.41, 5.74) is 1.07. The number of Topliss-reactive ketones (excluding diaryl/α,β-unsaturated/α-hetero) is 1. The van der Waals surface area contributed by atoms with Gasteiger partial charge >= 0.3 is 5.97 Å². The first-order valence-corrected chi connectivity index (χ1v) is 9.47. The fraction of sp³-hybridized carbons (Fsp3) is 0.273. The lowest BCUT2D eigenvalue weighted by Crippen LogP contribution is -2.45. The first-order chi connectivity index (χ1) is 14.3. The quantitative estimate of drug-likeness (QED) is 0.535. The van der Waals surface area contributed by atoms with Crippen molar-refractivity contribution >= 4 is 29.3 Å². The highest BCUT2D eigenvalue weighted by atomic mass is 16.5. The van der Waals surface area contributed by atoms with E-state index in [2.05, 4.69) is 10.6 Å². The van der Waals surface area contributed by atoms with Gasteiger partial charge in [-0.25, -0.2) is 4.79 Å². The fourth-order valence-electron chi connectivity index (χ4n) is 2.88. The lowest BCUT2D eigenvalue weighted by atomic mass is 10.0. The molecule has 0 fully saturated rings. The summed E-state index contributed by atoms with van der Waals surface area (Å²) < 4.78 is 10.4. The minimum absolute atomic E-state index is 0.0802. The topological polar surface area (TPSA) is 111 Å². The molecule has 2 aromatic carbocycles. The second-order valence-corrected chi connectivity index (χ2v) is 7.14. The highest BCUT2D eigenvalue weighted by Gasteiger charge is 2.27. The minimum Gasteiger partial charge on any atom is -0.482 e. The van der Waals surface area contributed by atoms with Crippen LogP contribution in [-0.4, -0.2) is 42.8 Å². The van der Waals surface area contributed by atoms with E-state index in [1.165, 1.54) is 12.1 Å². The third-order valence-corrected chi connectivity index (χ3v) is 4.52. The van der Waals surface area contributed by atoms with Crippen LogP contribution in [-0.2, 0) is 14.3 Å². The van der Waals surface area contributed by atoms with Crippen molar-refractivity contribution in [3.63, 3.8) is 0 Å². The number of ether oxygens (including phenoxy) is 2. The average Bonchev–Trinajstić information content (AvgIpc) is 2.75. The summed E-state index contributed by atoms with van der Waals surface area (Å²) in [6, 6.07) is 12.2. The monoisotopic (exact) mass is 410 g/mol. The van der Waals surface area contributed by atoms with Crippen molar-refractivity contribution in [2.45, 2.75) is 19.9 Å². The van der Waals surface area contributed by atoms with Crippen LogP contribution >= 0.6 is 0 Å². The molecule has 2 amide bonds. The first kappa shape index (κ1) is 21.0. The van der Waals surface area contributed by atoms with Crippen LogP contribution in [0.15, 0.2) is 48.5 Å². The van der Waals surface area contributed by atoms with Crippen molar-refractivity contribution in [2.75, 3.05) is 18.5 Å². The molecule has 0 aromatic heterocycles. The Bertz CT molecular complexity index is 971. The van der Waals surface area contributed by atoms with Crippen molar-refractivity contribution in [2.24, 2.45) is 5.92 Å². The van der Waals surface area contributed by atoms with Crippen LogP contribution in [0.4, 0.5) is 5.69 Å². The molecule has 1 aliphatic rings. The Hall–Kier alpha value is -3.68. The number of carbonyl (C=O) groups excluding carboxylic acids is 4. The molecule has 2 N–H and O–H groups in total. The standard InChI is InChI=1S/C22H22N2O6/c1-13(2)20(24-21(27)14-6-4-3-5-7-14)22(28)30-11-17(25)15-8-9-18-16(10-15)23-19(26)12-29-18/h3-10,13,20H,11-12H2,1-2H3,(H,23,26)(H,24,27)/t20-/m1/s1. The van der Waals surface area contributed by atoms with Crippen molar-refractivity contribution < 1.29 is 28.7 Å². The van der Waals surface area contributed by atoms with E-state index >= 15 is 0 Å². The first-order valence-electron chi connectivity index (χ1n) is 9.47. The number of esters is 1. The third-order valence-electron chi connectivity index (χ3n) is 4.52. The number of nitrogens with one attached hydrogen (secondary N) is 2. The molecule has 8 nitrogen and oxygen atoms in total. The van der Waals surface area contributed by atoms with Crippen molar-refractivity contribution in [3.05, 3.63) is 59.7 Å². The summed E-state index contributed by atoms with van der Waals surface area (Å²) in [5, 5.41) is 5.27. The molecule has 156 valence electrons. The van der Waals surface area contributed by atoms with E-state index < -0.39 is 30.3 Å². The lowest BCUT2D eigenvalue weighted by molar-refractivity contribution is -0.146. The summed E-state index contributed by atoms with van der Waals surface area (Å²) in [6.07, 6.45) is 0. The van der Waals surface area contributed by atoms with Gasteiger partial charge in [-0.3, -0.25) is 14.4 Å². The van der Waals surface area contributed by atoms with Gasteiger partial charge in [0, 0.05) is 11.1 Å². The molecule has 2 aromatic rings. The van der Waals surface area contributed by atoms with E-state index in [0.717, 1.165) is 0 Å². The van der Waals surface area contributed by atoms with Crippen molar-refractivity contribution in [1.29, 1.82) is 0 Å². The number of carbonyl (C=O) groups is 4. The lowest BCUT2D eigenvalue weighted by Gasteiger charge is -2.21. The normalized spacial score (nSPS) is 13.5. The van der Waals surface area contributed by atoms with Gasteiger partial charge in [-0.2, -0.15) is 0 Å². The molecule has 0 radical (unpaired) electrons. The predicted octanol–water partition coefficient (Wildman–Crippen LogP) is 2.20. The van der Waals surface area contributed by atoms with Crippen molar-refractivity contribution in [1.82, 2.24) is 5.32 Å². The summed E-state index contributed by atoms with van der Waals surface area (Å²) >= 11 is 0. The van der Waals surface area contributed by atoms with Gasteiger partial charge < -0.3 is 20.1 Å². The van der Waals surface area contributed by atoms with E-state index in [1.807, 2.05) is 0 Å². The smallest absolute Gasteiger partial charge is 0.329 e. The van der Waals surface area contributed by atoms with Gasteiger partial charge in [-0.05, 0) is 36.2 Å². The molecule has 0 unspecified atom stereocenters. The molecule has 0 aliphatic carbocycles. The zero-order valence-corrected chi connectivity index (χ0v) is 16.6. The molecule has 0 saturated heterocycles. The number of rotatable bonds is 7. The summed E-state index contributed by atoms with van der Waals surface area (Å²) in [6.45, 7) is 2.97. The van der Waals surface area contributed by atoms with Crippen LogP contribution < -0.4 is 15.4 Å². The zero-order valence-electron chi connectivity index (χ0n) is 16.6. The Labute approximate surface area is 173 Å². The average molecular weight is 410 g/mol. The molecule has 1 atom stereocenters. The van der Waals surface area contributed by atoms with Crippen LogP contribution in [0, 0.1) is 5.92 Å². The van der Waals surface area contributed by atoms with E-state index in [1.54, 1.807) is 50.2 Å². The number of fused-ring (bicyclic) bond motifs is 1. The Balaban J connectivity index is 1.61. The molecular weight excluding hydrogens is 388 g/mol.